The summed E-state index contributed by atoms with van der Waals surface area (Å²) in [7, 11) is -3.73. The normalized spacial score (nSPS) is 17.7. The first-order valence-electron chi connectivity index (χ1n) is 14.2. The molecule has 1 atom stereocenters. The number of fused-ring (bicyclic) bond motifs is 1. The first kappa shape index (κ1) is 29.0. The number of aromatic nitrogens is 2. The van der Waals surface area contributed by atoms with Gasteiger partial charge in [0.25, 0.3) is 0 Å². The number of ether oxygens (including phenoxy) is 2. The summed E-state index contributed by atoms with van der Waals surface area (Å²) >= 11 is 7.13. The first-order chi connectivity index (χ1) is 20.3. The molecule has 1 saturated carbocycles. The molecular weight excluding hydrogens is 584 g/mol. The summed E-state index contributed by atoms with van der Waals surface area (Å²) in [5, 5.41) is 3.75. The van der Waals surface area contributed by atoms with Gasteiger partial charge in [-0.1, -0.05) is 41.9 Å². The van der Waals surface area contributed by atoms with Crippen LogP contribution in [0.4, 0.5) is 8.78 Å². The maximum absolute atomic E-state index is 13.8. The Morgan fingerprint density at radius 3 is 2.64 bits per heavy atom. The minimum atomic E-state index is -3.73. The molecule has 1 unspecified atom stereocenters. The van der Waals surface area contributed by atoms with Crippen molar-refractivity contribution in [2.24, 2.45) is 5.92 Å². The van der Waals surface area contributed by atoms with Crippen molar-refractivity contribution in [2.75, 3.05) is 25.5 Å². The van der Waals surface area contributed by atoms with Crippen LogP contribution < -0.4 is 10.1 Å². The second-order valence-electron chi connectivity index (χ2n) is 10.9. The van der Waals surface area contributed by atoms with Gasteiger partial charge in [0.2, 0.25) is 0 Å². The Hall–Kier alpha value is -3.05. The molecule has 7 nitrogen and oxygen atoms in total. The van der Waals surface area contributed by atoms with Crippen molar-refractivity contribution in [3.8, 4) is 22.8 Å². The average Bonchev–Trinajstić information content (AvgIpc) is 3.70. The number of hydrogen-bond acceptors (Lipinski definition) is 6. The highest BCUT2D eigenvalue weighted by molar-refractivity contribution is 7.91. The number of nitrogens with one attached hydrogen (secondary N) is 1. The van der Waals surface area contributed by atoms with E-state index in [1.807, 2.05) is 12.1 Å². The van der Waals surface area contributed by atoms with Crippen LogP contribution in [0.15, 0.2) is 65.6 Å². The van der Waals surface area contributed by atoms with Crippen LogP contribution >= 0.6 is 11.6 Å². The van der Waals surface area contributed by atoms with Crippen molar-refractivity contribution in [3.05, 3.63) is 71.2 Å². The highest BCUT2D eigenvalue weighted by atomic mass is 35.5. The number of benzene rings is 3. The molecule has 0 radical (unpaired) electrons. The molecular formula is C31H32ClF2N3O4S. The van der Waals surface area contributed by atoms with E-state index in [9.17, 15) is 17.2 Å². The van der Waals surface area contributed by atoms with E-state index in [4.69, 9.17) is 26.1 Å². The van der Waals surface area contributed by atoms with Gasteiger partial charge in [0.15, 0.2) is 9.84 Å². The summed E-state index contributed by atoms with van der Waals surface area (Å²) in [5.41, 5.74) is 2.54. The van der Waals surface area contributed by atoms with Crippen LogP contribution in [-0.4, -0.2) is 56.1 Å². The number of alkyl halides is 2. The molecule has 1 aliphatic carbocycles. The van der Waals surface area contributed by atoms with Gasteiger partial charge < -0.3 is 14.8 Å². The largest absolute Gasteiger partial charge is 0.433 e. The third-order valence-corrected chi connectivity index (χ3v) is 10.1. The summed E-state index contributed by atoms with van der Waals surface area (Å²) in [5.74, 6) is 0.332. The smallest absolute Gasteiger partial charge is 0.387 e. The Labute approximate surface area is 248 Å². The van der Waals surface area contributed by atoms with Crippen molar-refractivity contribution < 1.29 is 26.7 Å². The van der Waals surface area contributed by atoms with E-state index in [-0.39, 0.29) is 39.7 Å². The SMILES string of the molecule is O=S(=O)(CC1CC1)c1ccc(CCCC2COCCN2)c(Cl)c1-c1nc2ccccc2n1-c1ccccc1OC(F)F. The lowest BCUT2D eigenvalue weighted by molar-refractivity contribution is -0.0498. The first-order valence-corrected chi connectivity index (χ1v) is 16.2. The molecule has 2 aliphatic rings. The van der Waals surface area contributed by atoms with Gasteiger partial charge in [0, 0.05) is 12.6 Å². The summed E-state index contributed by atoms with van der Waals surface area (Å²) in [6.45, 7) is -0.873. The predicted octanol–water partition coefficient (Wildman–Crippen LogP) is 6.44. The fraction of sp³-hybridized carbons (Fsp3) is 0.387. The monoisotopic (exact) mass is 615 g/mol. The molecule has 1 aliphatic heterocycles. The lowest BCUT2D eigenvalue weighted by Gasteiger charge is -2.24. The standard InChI is InChI=1S/C31H32ClF2N3O4S/c32-29-21(6-5-7-22-18-40-17-16-35-22)14-15-27(42(38,39)19-20-12-13-20)28(29)30-36-23-8-1-2-9-24(23)37(30)25-10-3-4-11-26(25)41-31(33)34/h1-4,8-11,14-15,20,22,31,35H,5-7,12-13,16-19H2. The molecule has 42 heavy (non-hydrogen) atoms. The van der Waals surface area contributed by atoms with E-state index in [2.05, 4.69) is 5.32 Å². The van der Waals surface area contributed by atoms with Gasteiger partial charge in [-0.3, -0.25) is 4.57 Å². The lowest BCUT2D eigenvalue weighted by atomic mass is 10.0. The van der Waals surface area contributed by atoms with E-state index >= 15 is 0 Å². The number of imidazole rings is 1. The molecule has 1 N–H and O–H groups in total. The van der Waals surface area contributed by atoms with Gasteiger partial charge in [-0.2, -0.15) is 8.78 Å². The molecule has 0 spiro atoms. The molecule has 6 rings (SSSR count). The van der Waals surface area contributed by atoms with Crippen molar-refractivity contribution in [1.29, 1.82) is 0 Å². The minimum absolute atomic E-state index is 0.0222. The molecule has 222 valence electrons. The van der Waals surface area contributed by atoms with Crippen molar-refractivity contribution in [2.45, 2.75) is 49.7 Å². The topological polar surface area (TPSA) is 82.5 Å². The van der Waals surface area contributed by atoms with E-state index in [0.29, 0.717) is 41.4 Å². The third-order valence-electron chi connectivity index (χ3n) is 7.77. The van der Waals surface area contributed by atoms with Gasteiger partial charge in [-0.05, 0) is 73.9 Å². The van der Waals surface area contributed by atoms with Crippen LogP contribution in [0.5, 0.6) is 5.75 Å². The van der Waals surface area contributed by atoms with Crippen LogP contribution in [0.2, 0.25) is 5.02 Å². The number of hydrogen-bond donors (Lipinski definition) is 1. The Bertz CT molecular complexity index is 1690. The van der Waals surface area contributed by atoms with E-state index in [1.165, 1.54) is 6.07 Å². The molecule has 4 aromatic rings. The molecule has 0 bridgehead atoms. The minimum Gasteiger partial charge on any atom is -0.433 e. The van der Waals surface area contributed by atoms with Gasteiger partial charge in [-0.15, -0.1) is 0 Å². The summed E-state index contributed by atoms with van der Waals surface area (Å²) < 4.78 is 66.6. The number of rotatable bonds is 11. The second kappa shape index (κ2) is 12.3. The van der Waals surface area contributed by atoms with Gasteiger partial charge in [0.05, 0.1) is 51.2 Å². The fourth-order valence-corrected chi connectivity index (χ4v) is 7.88. The van der Waals surface area contributed by atoms with Crippen molar-refractivity contribution >= 4 is 32.5 Å². The predicted molar refractivity (Wildman–Crippen MR) is 158 cm³/mol. The maximum atomic E-state index is 13.8. The van der Waals surface area contributed by atoms with Crippen LogP contribution in [0.1, 0.15) is 31.2 Å². The number of aryl methyl sites for hydroxylation is 1. The number of morpholine rings is 1. The van der Waals surface area contributed by atoms with Crippen molar-refractivity contribution in [1.82, 2.24) is 14.9 Å². The second-order valence-corrected chi connectivity index (χ2v) is 13.2. The maximum Gasteiger partial charge on any atom is 0.387 e. The molecule has 11 heteroatoms. The van der Waals surface area contributed by atoms with Gasteiger partial charge in [-0.25, -0.2) is 13.4 Å². The van der Waals surface area contributed by atoms with Gasteiger partial charge in [0.1, 0.15) is 11.6 Å². The number of sulfone groups is 1. The lowest BCUT2D eigenvalue weighted by Crippen LogP contribution is -2.41. The number of nitrogens with zero attached hydrogens (tertiary/aromatic N) is 2. The fourth-order valence-electron chi connectivity index (χ4n) is 5.57. The van der Waals surface area contributed by atoms with Gasteiger partial charge >= 0.3 is 6.61 Å². The highest BCUT2D eigenvalue weighted by Crippen LogP contribution is 2.43. The molecule has 3 aromatic carbocycles. The zero-order chi connectivity index (χ0) is 29.3. The molecule has 2 fully saturated rings. The van der Waals surface area contributed by atoms with Crippen LogP contribution in [-0.2, 0) is 21.0 Å². The van der Waals surface area contributed by atoms with Crippen LogP contribution in [0.25, 0.3) is 28.1 Å². The molecule has 0 amide bonds. The van der Waals surface area contributed by atoms with E-state index in [1.54, 1.807) is 47.0 Å². The zero-order valence-electron chi connectivity index (χ0n) is 22.9. The Morgan fingerprint density at radius 2 is 1.88 bits per heavy atom. The summed E-state index contributed by atoms with van der Waals surface area (Å²) in [4.78, 5) is 4.94. The van der Waals surface area contributed by atoms with E-state index in [0.717, 1.165) is 37.8 Å². The third kappa shape index (κ3) is 6.17. The Kier molecular flexibility index (Phi) is 8.49. The molecule has 1 aromatic heterocycles. The van der Waals surface area contributed by atoms with E-state index < -0.39 is 16.4 Å². The summed E-state index contributed by atoms with van der Waals surface area (Å²) in [6.07, 6.45) is 4.06. The Morgan fingerprint density at radius 1 is 1.10 bits per heavy atom. The van der Waals surface area contributed by atoms with Crippen LogP contribution in [0, 0.1) is 5.92 Å². The average molecular weight is 616 g/mol. The zero-order valence-corrected chi connectivity index (χ0v) is 24.5. The van der Waals surface area contributed by atoms with Crippen LogP contribution in [0.3, 0.4) is 0 Å². The molecule has 1 saturated heterocycles. The quantitative estimate of drug-likeness (QED) is 0.209. The summed E-state index contributed by atoms with van der Waals surface area (Å²) in [6, 6.07) is 17.3. The molecule has 2 heterocycles. The Balaban J connectivity index is 1.51. The number of para-hydroxylation sites is 4. The highest BCUT2D eigenvalue weighted by Gasteiger charge is 2.33. The number of halogens is 3. The van der Waals surface area contributed by atoms with Crippen molar-refractivity contribution in [3.63, 3.8) is 0 Å².